The first-order chi connectivity index (χ1) is 21.0. The molecule has 2 aliphatic rings. The van der Waals surface area contributed by atoms with Gasteiger partial charge < -0.3 is 18.9 Å². The van der Waals surface area contributed by atoms with E-state index in [-0.39, 0.29) is 47.3 Å². The maximum Gasteiger partial charge on any atom is 0.320 e. The molecule has 0 radical (unpaired) electrons. The van der Waals surface area contributed by atoms with E-state index in [0.29, 0.717) is 35.1 Å². The summed E-state index contributed by atoms with van der Waals surface area (Å²) in [6, 6.07) is 9.55. The number of benzene rings is 3. The monoisotopic (exact) mass is 605 g/mol. The summed E-state index contributed by atoms with van der Waals surface area (Å²) in [5.74, 6) is 1.14. The number of aromatic nitrogens is 2. The zero-order valence-corrected chi connectivity index (χ0v) is 25.2. The zero-order chi connectivity index (χ0) is 31.2. The lowest BCUT2D eigenvalue weighted by Gasteiger charge is -2.31. The van der Waals surface area contributed by atoms with Gasteiger partial charge in [0.05, 0.1) is 16.5 Å². The van der Waals surface area contributed by atoms with Crippen molar-refractivity contribution in [2.75, 3.05) is 33.6 Å². The van der Waals surface area contributed by atoms with Crippen molar-refractivity contribution in [3.8, 4) is 41.1 Å². The predicted molar refractivity (Wildman–Crippen MR) is 162 cm³/mol. The van der Waals surface area contributed by atoms with Crippen molar-refractivity contribution in [3.63, 3.8) is 0 Å². The number of halogens is 3. The highest BCUT2D eigenvalue weighted by Gasteiger charge is 2.49. The fraction of sp³-hybridized carbons (Fsp3) is 0.412. The smallest absolute Gasteiger partial charge is 0.320 e. The van der Waals surface area contributed by atoms with Crippen LogP contribution in [-0.4, -0.2) is 65.8 Å². The van der Waals surface area contributed by atoms with Gasteiger partial charge in [-0.25, -0.2) is 13.2 Å². The summed E-state index contributed by atoms with van der Waals surface area (Å²) < 4.78 is 70.1. The van der Waals surface area contributed by atoms with Crippen LogP contribution in [0.3, 0.4) is 0 Å². The Bertz CT molecular complexity index is 1780. The second-order valence-electron chi connectivity index (χ2n) is 12.4. The van der Waals surface area contributed by atoms with Crippen molar-refractivity contribution in [2.24, 2.45) is 0 Å². The third-order valence-corrected chi connectivity index (χ3v) is 8.18. The molecule has 6 rings (SSSR count). The molecule has 2 saturated heterocycles. The van der Waals surface area contributed by atoms with Gasteiger partial charge in [0.1, 0.15) is 35.5 Å². The highest BCUT2D eigenvalue weighted by Crippen LogP contribution is 2.43. The van der Waals surface area contributed by atoms with Gasteiger partial charge in [-0.05, 0) is 69.8 Å². The van der Waals surface area contributed by atoms with Crippen LogP contribution in [0.2, 0.25) is 0 Å². The van der Waals surface area contributed by atoms with E-state index in [2.05, 4.69) is 20.8 Å². The van der Waals surface area contributed by atoms with E-state index < -0.39 is 28.9 Å². The molecule has 3 heterocycles. The Labute approximate surface area is 254 Å². The van der Waals surface area contributed by atoms with E-state index in [1.54, 1.807) is 45.0 Å². The predicted octanol–water partition coefficient (Wildman–Crippen LogP) is 6.82. The van der Waals surface area contributed by atoms with Gasteiger partial charge in [-0.2, -0.15) is 9.97 Å². The highest BCUT2D eigenvalue weighted by molar-refractivity contribution is 6.03. The third kappa shape index (κ3) is 5.51. The van der Waals surface area contributed by atoms with Crippen LogP contribution < -0.4 is 14.2 Å². The molecule has 0 spiro atoms. The molecule has 2 aliphatic heterocycles. The van der Waals surface area contributed by atoms with Crippen LogP contribution in [0.1, 0.15) is 45.6 Å². The van der Waals surface area contributed by atoms with E-state index in [9.17, 15) is 4.39 Å². The summed E-state index contributed by atoms with van der Waals surface area (Å²) in [6.07, 6.45) is 6.93. The minimum Gasteiger partial charge on any atom is -0.471 e. The Morgan fingerprint density at radius 1 is 1.14 bits per heavy atom. The molecule has 10 heteroatoms. The maximum absolute atomic E-state index is 16.7. The average Bonchev–Trinajstić information content (AvgIpc) is 3.50. The minimum atomic E-state index is -0.939. The number of terminal acetylenes is 1. The van der Waals surface area contributed by atoms with Gasteiger partial charge in [0.15, 0.2) is 12.6 Å². The van der Waals surface area contributed by atoms with Gasteiger partial charge >= 0.3 is 6.01 Å². The summed E-state index contributed by atoms with van der Waals surface area (Å²) >= 11 is 0. The van der Waals surface area contributed by atoms with Crippen molar-refractivity contribution in [1.82, 2.24) is 14.9 Å². The summed E-state index contributed by atoms with van der Waals surface area (Å²) in [5, 5.41) is 1.16. The van der Waals surface area contributed by atoms with Crippen LogP contribution in [-0.2, 0) is 4.74 Å². The number of fused-ring (bicyclic) bond motifs is 3. The molecule has 1 aromatic heterocycles. The van der Waals surface area contributed by atoms with E-state index in [1.807, 2.05) is 0 Å². The maximum atomic E-state index is 16.7. The van der Waals surface area contributed by atoms with Crippen molar-refractivity contribution >= 4 is 21.7 Å². The van der Waals surface area contributed by atoms with Crippen molar-refractivity contribution in [3.05, 3.63) is 53.6 Å². The first kappa shape index (κ1) is 30.0. The average molecular weight is 606 g/mol. The normalized spacial score (nSPS) is 20.2. The van der Waals surface area contributed by atoms with Gasteiger partial charge in [-0.1, -0.05) is 18.1 Å². The molecule has 0 saturated carbocycles. The van der Waals surface area contributed by atoms with Gasteiger partial charge in [-0.3, -0.25) is 4.90 Å². The number of ether oxygens (including phenoxy) is 4. The van der Waals surface area contributed by atoms with E-state index >= 15 is 8.78 Å². The van der Waals surface area contributed by atoms with Crippen molar-refractivity contribution in [2.45, 2.75) is 57.3 Å². The lowest BCUT2D eigenvalue weighted by Crippen LogP contribution is -2.43. The molecule has 0 bridgehead atoms. The number of alkyl halides is 1. The number of nitrogens with zero attached hydrogens (tertiary/aromatic N) is 3. The van der Waals surface area contributed by atoms with Crippen LogP contribution in [0.5, 0.6) is 17.6 Å². The second-order valence-corrected chi connectivity index (χ2v) is 12.4. The van der Waals surface area contributed by atoms with E-state index in [0.717, 1.165) is 25.5 Å². The Hall–Kier alpha value is -4.07. The minimum absolute atomic E-state index is 0.0243. The standard InChI is InChI=1S/C34H34F3N3O4/c1-6-20-9-7-10-21-13-23(43-19-41-5)14-24(27(20)21)28-26(36)15-25-30(29(28)37)38-32(39-31(25)44-33(2,3)4)42-18-34-11-8-12-40(34)17-22(35)16-34/h1,7,9-10,13-15,22H,8,11-12,16-19H2,2-5H3/t22-,34+/m1/s1. The molecule has 44 heavy (non-hydrogen) atoms. The van der Waals surface area contributed by atoms with Crippen LogP contribution >= 0.6 is 0 Å². The Kier molecular flexibility index (Phi) is 7.80. The Morgan fingerprint density at radius 2 is 1.95 bits per heavy atom. The molecule has 2 fully saturated rings. The lowest BCUT2D eigenvalue weighted by molar-refractivity contribution is 0.0512. The SMILES string of the molecule is C#Cc1cccc2cc(OCOC)cc(-c3c(F)cc4c(OC(C)(C)C)nc(OC[C@@]56CCCN5C[C@H](F)C6)nc4c3F)c12. The molecule has 0 aliphatic carbocycles. The fourth-order valence-corrected chi connectivity index (χ4v) is 6.40. The molecule has 0 unspecified atom stereocenters. The quantitative estimate of drug-likeness (QED) is 0.161. The molecule has 7 nitrogen and oxygen atoms in total. The third-order valence-electron chi connectivity index (χ3n) is 8.18. The second kappa shape index (κ2) is 11.5. The van der Waals surface area contributed by atoms with Gasteiger partial charge in [-0.15, -0.1) is 6.42 Å². The van der Waals surface area contributed by atoms with Crippen molar-refractivity contribution < 1.29 is 32.1 Å². The van der Waals surface area contributed by atoms with Crippen LogP contribution in [0.4, 0.5) is 13.2 Å². The zero-order valence-electron chi connectivity index (χ0n) is 25.2. The molecule has 230 valence electrons. The largest absolute Gasteiger partial charge is 0.471 e. The first-order valence-electron chi connectivity index (χ1n) is 14.6. The number of hydrogen-bond acceptors (Lipinski definition) is 7. The summed E-state index contributed by atoms with van der Waals surface area (Å²) in [7, 11) is 1.48. The van der Waals surface area contributed by atoms with E-state index in [1.165, 1.54) is 13.2 Å². The molecule has 0 N–H and O–H groups in total. The highest BCUT2D eigenvalue weighted by atomic mass is 19.1. The molecule has 0 amide bonds. The molecule has 3 aromatic carbocycles. The van der Waals surface area contributed by atoms with Crippen LogP contribution in [0.15, 0.2) is 36.4 Å². The van der Waals surface area contributed by atoms with E-state index in [4.69, 9.17) is 25.4 Å². The number of methoxy groups -OCH3 is 1. The molecular weight excluding hydrogens is 571 g/mol. The molecule has 4 aromatic rings. The number of hydrogen-bond donors (Lipinski definition) is 0. The molecular formula is C34H34F3N3O4. The number of rotatable bonds is 8. The fourth-order valence-electron chi connectivity index (χ4n) is 6.40. The summed E-state index contributed by atoms with van der Waals surface area (Å²) in [4.78, 5) is 10.9. The van der Waals surface area contributed by atoms with Crippen molar-refractivity contribution in [1.29, 1.82) is 0 Å². The summed E-state index contributed by atoms with van der Waals surface area (Å²) in [5.41, 5.74) is -1.09. The van der Waals surface area contributed by atoms with Crippen LogP contribution in [0.25, 0.3) is 32.8 Å². The topological polar surface area (TPSA) is 65.9 Å². The molecule has 2 atom stereocenters. The van der Waals surface area contributed by atoms with Gasteiger partial charge in [0, 0.05) is 36.6 Å². The summed E-state index contributed by atoms with van der Waals surface area (Å²) in [6.45, 7) is 6.63. The Morgan fingerprint density at radius 3 is 2.70 bits per heavy atom. The lowest BCUT2D eigenvalue weighted by atomic mass is 9.93. The first-order valence-corrected chi connectivity index (χ1v) is 14.6. The van der Waals surface area contributed by atoms with Gasteiger partial charge in [0.2, 0.25) is 5.88 Å². The van der Waals surface area contributed by atoms with Crippen LogP contribution in [0, 0.1) is 24.0 Å². The Balaban J connectivity index is 1.53. The van der Waals surface area contributed by atoms with Gasteiger partial charge in [0.25, 0.3) is 0 Å².